The van der Waals surface area contributed by atoms with Crippen molar-refractivity contribution in [2.75, 3.05) is 12.9 Å². The highest BCUT2D eigenvalue weighted by Gasteiger charge is 2.30. The Labute approximate surface area is 170 Å². The van der Waals surface area contributed by atoms with E-state index < -0.39 is 16.0 Å². The summed E-state index contributed by atoms with van der Waals surface area (Å²) in [6, 6.07) is 8.48. The van der Waals surface area contributed by atoms with Gasteiger partial charge in [-0.15, -0.1) is 11.8 Å². The number of hydrogen-bond donors (Lipinski definition) is 1. The van der Waals surface area contributed by atoms with Crippen LogP contribution in [-0.4, -0.2) is 27.2 Å². The number of sulfonamides is 1. The van der Waals surface area contributed by atoms with Gasteiger partial charge >= 0.3 is 11.7 Å². The molecule has 2 aromatic rings. The van der Waals surface area contributed by atoms with Crippen LogP contribution in [0.1, 0.15) is 23.6 Å². The van der Waals surface area contributed by atoms with E-state index in [9.17, 15) is 13.2 Å². The summed E-state index contributed by atoms with van der Waals surface area (Å²) in [5.41, 5.74) is 2.95. The Balaban J connectivity index is 2.60. The van der Waals surface area contributed by atoms with E-state index in [4.69, 9.17) is 4.74 Å². The highest BCUT2D eigenvalue weighted by Crippen LogP contribution is 2.20. The number of rotatable bonds is 7. The zero-order valence-corrected chi connectivity index (χ0v) is 18.3. The highest BCUT2D eigenvalue weighted by atomic mass is 32.2. The predicted molar refractivity (Wildman–Crippen MR) is 111 cm³/mol. The number of pyridine rings is 1. The van der Waals surface area contributed by atoms with E-state index in [1.165, 1.54) is 12.1 Å². The van der Waals surface area contributed by atoms with Gasteiger partial charge < -0.3 is 4.74 Å². The molecule has 0 atom stereocenters. The maximum Gasteiger partial charge on any atom is 0.407 e. The molecule has 1 aromatic carbocycles. The third-order valence-electron chi connectivity index (χ3n) is 3.85. The first kappa shape index (κ1) is 22.0. The fourth-order valence-corrected chi connectivity index (χ4v) is 4.64. The lowest BCUT2D eigenvalue weighted by atomic mass is 10.2. The molecule has 0 fully saturated rings. The van der Waals surface area contributed by atoms with Crippen LogP contribution in [0.5, 0.6) is 0 Å². The number of aryl methyl sites for hydroxylation is 3. The molecule has 0 unspecified atom stereocenters. The second-order valence-electron chi connectivity index (χ2n) is 6.32. The Kier molecular flexibility index (Phi) is 7.26. The molecule has 0 aliphatic carbocycles. The lowest BCUT2D eigenvalue weighted by molar-refractivity contribution is -0.579. The third-order valence-corrected chi connectivity index (χ3v) is 6.04. The Hall–Kier alpha value is -2.32. The van der Waals surface area contributed by atoms with E-state index in [1.807, 2.05) is 26.8 Å². The fraction of sp³-hybridized carbons (Fsp3) is 0.300. The minimum atomic E-state index is -3.86. The third kappa shape index (κ3) is 5.36. The number of ether oxygens (including phenoxy) is 1. The van der Waals surface area contributed by atoms with Gasteiger partial charge in [0, 0.05) is 11.1 Å². The zero-order valence-electron chi connectivity index (χ0n) is 16.6. The maximum absolute atomic E-state index is 12.8. The normalized spacial score (nSPS) is 12.3. The van der Waals surface area contributed by atoms with Crippen LogP contribution >= 0.6 is 11.8 Å². The van der Waals surface area contributed by atoms with Gasteiger partial charge in [0.25, 0.3) is 10.0 Å². The minimum Gasteiger partial charge on any atom is -0.458 e. The van der Waals surface area contributed by atoms with Crippen LogP contribution in [0, 0.1) is 20.8 Å². The van der Waals surface area contributed by atoms with Crippen molar-refractivity contribution in [3.05, 3.63) is 64.4 Å². The van der Waals surface area contributed by atoms with E-state index in [0.29, 0.717) is 0 Å². The lowest BCUT2D eigenvalue weighted by Gasteiger charge is -2.12. The van der Waals surface area contributed by atoms with E-state index in [2.05, 4.69) is 4.72 Å². The van der Waals surface area contributed by atoms with Gasteiger partial charge in [0.1, 0.15) is 0 Å². The number of benzene rings is 1. The summed E-state index contributed by atoms with van der Waals surface area (Å²) >= 11 is 1.13. The molecule has 0 amide bonds. The fourth-order valence-electron chi connectivity index (χ4n) is 2.64. The number of nitrogens with one attached hydrogen (secondary N) is 1. The summed E-state index contributed by atoms with van der Waals surface area (Å²) in [6.45, 7) is 7.58. The molecule has 1 heterocycles. The number of carbonyl (C=O) groups excluding carboxylic acids is 1. The van der Waals surface area contributed by atoms with Gasteiger partial charge in [-0.2, -0.15) is 4.57 Å². The molecular weight excluding hydrogens is 396 g/mol. The lowest BCUT2D eigenvalue weighted by Crippen LogP contribution is -2.40. The molecule has 0 saturated heterocycles. The molecule has 0 aliphatic rings. The molecule has 0 spiro atoms. The summed E-state index contributed by atoms with van der Waals surface area (Å²) in [7, 11) is -3.86. The monoisotopic (exact) mass is 421 g/mol. The van der Waals surface area contributed by atoms with Gasteiger partial charge in [-0.05, 0) is 52.1 Å². The molecular formula is C20H25N2O4S2+. The quantitative estimate of drug-likeness (QED) is 0.423. The SMILES string of the molecule is CCOC(=O)C(=C(NS(=O)(=O)c1ccc(C)cc1)SC)[n+]1cc(C)cc(C)c1. The average Bonchev–Trinajstić information content (AvgIpc) is 2.60. The van der Waals surface area contributed by atoms with Gasteiger partial charge in [0.2, 0.25) is 0 Å². The summed E-state index contributed by atoms with van der Waals surface area (Å²) < 4.78 is 35.0. The van der Waals surface area contributed by atoms with Crippen LogP contribution < -0.4 is 9.29 Å². The Bertz CT molecular complexity index is 977. The van der Waals surface area contributed by atoms with E-state index in [1.54, 1.807) is 42.3 Å². The van der Waals surface area contributed by atoms with E-state index >= 15 is 0 Å². The maximum atomic E-state index is 12.8. The Morgan fingerprint density at radius 2 is 1.64 bits per heavy atom. The molecule has 6 nitrogen and oxygen atoms in total. The first-order valence-electron chi connectivity index (χ1n) is 8.72. The van der Waals surface area contributed by atoms with Gasteiger partial charge in [0.15, 0.2) is 17.4 Å². The van der Waals surface area contributed by atoms with E-state index in [-0.39, 0.29) is 22.2 Å². The molecule has 28 heavy (non-hydrogen) atoms. The molecule has 0 bridgehead atoms. The van der Waals surface area contributed by atoms with Crippen LogP contribution in [0.15, 0.2) is 52.7 Å². The highest BCUT2D eigenvalue weighted by molar-refractivity contribution is 8.03. The summed E-state index contributed by atoms with van der Waals surface area (Å²) in [5.74, 6) is -0.603. The smallest absolute Gasteiger partial charge is 0.407 e. The Morgan fingerprint density at radius 3 is 2.14 bits per heavy atom. The molecule has 2 rings (SSSR count). The minimum absolute atomic E-state index is 0.122. The van der Waals surface area contributed by atoms with Crippen molar-refractivity contribution in [1.29, 1.82) is 0 Å². The van der Waals surface area contributed by atoms with Crippen LogP contribution in [-0.2, 0) is 19.6 Å². The molecule has 150 valence electrons. The zero-order chi connectivity index (χ0) is 20.9. The molecule has 1 aromatic heterocycles. The standard InChI is InChI=1S/C20H24N2O4S2/c1-6-26-20(23)18(22-12-15(3)11-16(4)13-22)19(27-5)21-28(24,25)17-9-7-14(2)8-10-17/h7-13H,6H2,1-5H3/p+1. The summed E-state index contributed by atoms with van der Waals surface area (Å²) in [4.78, 5) is 12.8. The number of aromatic nitrogens is 1. The first-order chi connectivity index (χ1) is 13.2. The molecule has 0 aliphatic heterocycles. The number of carbonyl (C=O) groups is 1. The van der Waals surface area contributed by atoms with Gasteiger partial charge in [-0.3, -0.25) is 4.72 Å². The molecule has 0 saturated carbocycles. The average molecular weight is 422 g/mol. The van der Waals surface area contributed by atoms with Gasteiger partial charge in [-0.25, -0.2) is 13.2 Å². The van der Waals surface area contributed by atoms with Crippen LogP contribution in [0.25, 0.3) is 5.70 Å². The van der Waals surface area contributed by atoms with Crippen molar-refractivity contribution in [1.82, 2.24) is 4.72 Å². The molecule has 8 heteroatoms. The first-order valence-corrected chi connectivity index (χ1v) is 11.4. The number of thioether (sulfide) groups is 1. The van der Waals surface area contributed by atoms with Crippen LogP contribution in [0.4, 0.5) is 0 Å². The van der Waals surface area contributed by atoms with Crippen molar-refractivity contribution < 1.29 is 22.5 Å². The summed E-state index contributed by atoms with van der Waals surface area (Å²) in [6.07, 6.45) is 5.22. The van der Waals surface area contributed by atoms with Gasteiger partial charge in [0.05, 0.1) is 11.5 Å². The van der Waals surface area contributed by atoms with Crippen molar-refractivity contribution in [3.63, 3.8) is 0 Å². The van der Waals surface area contributed by atoms with Crippen LogP contribution in [0.3, 0.4) is 0 Å². The van der Waals surface area contributed by atoms with Crippen molar-refractivity contribution in [2.24, 2.45) is 0 Å². The second kappa shape index (κ2) is 9.25. The van der Waals surface area contributed by atoms with Crippen molar-refractivity contribution >= 4 is 33.5 Å². The topological polar surface area (TPSA) is 76.3 Å². The van der Waals surface area contributed by atoms with Gasteiger partial charge in [-0.1, -0.05) is 17.7 Å². The predicted octanol–water partition coefficient (Wildman–Crippen LogP) is 2.93. The van der Waals surface area contributed by atoms with Crippen molar-refractivity contribution in [3.8, 4) is 0 Å². The molecule has 0 radical (unpaired) electrons. The van der Waals surface area contributed by atoms with E-state index in [0.717, 1.165) is 28.5 Å². The largest absolute Gasteiger partial charge is 0.458 e. The van der Waals surface area contributed by atoms with Crippen molar-refractivity contribution in [2.45, 2.75) is 32.6 Å². The number of hydrogen-bond acceptors (Lipinski definition) is 5. The van der Waals surface area contributed by atoms with Crippen LogP contribution in [0.2, 0.25) is 0 Å². The Morgan fingerprint density at radius 1 is 1.07 bits per heavy atom. The summed E-state index contributed by atoms with van der Waals surface area (Å²) in [5, 5.41) is 0.189. The second-order valence-corrected chi connectivity index (χ2v) is 8.82. The number of nitrogens with zero attached hydrogens (tertiary/aromatic N) is 1. The molecule has 1 N–H and O–H groups in total. The number of esters is 1.